The lowest BCUT2D eigenvalue weighted by Gasteiger charge is -2.26. The zero-order chi connectivity index (χ0) is 15.9. The first-order chi connectivity index (χ1) is 10.6. The summed E-state index contributed by atoms with van der Waals surface area (Å²) in [7, 11) is 3.80. The summed E-state index contributed by atoms with van der Waals surface area (Å²) >= 11 is 0. The number of hydrogen-bond donors (Lipinski definition) is 2. The van der Waals surface area contributed by atoms with Gasteiger partial charge in [0.1, 0.15) is 0 Å². The maximum atomic E-state index is 4.45. The van der Waals surface area contributed by atoms with Crippen LogP contribution in [0.25, 0.3) is 0 Å². The van der Waals surface area contributed by atoms with E-state index in [2.05, 4.69) is 39.5 Å². The normalized spacial score (nSPS) is 16.1. The van der Waals surface area contributed by atoms with E-state index in [1.54, 1.807) is 0 Å². The summed E-state index contributed by atoms with van der Waals surface area (Å²) in [6.45, 7) is 9.41. The van der Waals surface area contributed by atoms with Crippen LogP contribution >= 0.6 is 24.0 Å². The van der Waals surface area contributed by atoms with Gasteiger partial charge in [-0.1, -0.05) is 6.42 Å². The Kier molecular flexibility index (Phi) is 8.90. The summed E-state index contributed by atoms with van der Waals surface area (Å²) in [5.74, 6) is 0.861. The number of nitrogens with one attached hydrogen (secondary N) is 2. The highest BCUT2D eigenvalue weighted by molar-refractivity contribution is 14.0. The zero-order valence-electron chi connectivity index (χ0n) is 14.9. The van der Waals surface area contributed by atoms with Crippen molar-refractivity contribution >= 4 is 29.9 Å². The second-order valence-corrected chi connectivity index (χ2v) is 6.03. The van der Waals surface area contributed by atoms with E-state index in [0.717, 1.165) is 31.3 Å². The van der Waals surface area contributed by atoms with Crippen molar-refractivity contribution in [3.8, 4) is 0 Å². The second-order valence-electron chi connectivity index (χ2n) is 6.03. The van der Waals surface area contributed by atoms with E-state index in [4.69, 9.17) is 0 Å². The van der Waals surface area contributed by atoms with Gasteiger partial charge in [0.25, 0.3) is 0 Å². The van der Waals surface area contributed by atoms with Gasteiger partial charge in [0.05, 0.1) is 5.69 Å². The molecule has 0 radical (unpaired) electrons. The molecule has 23 heavy (non-hydrogen) atoms. The van der Waals surface area contributed by atoms with Crippen molar-refractivity contribution in [1.29, 1.82) is 0 Å². The number of hydrogen-bond acceptors (Lipinski definition) is 3. The van der Waals surface area contributed by atoms with Gasteiger partial charge in [0, 0.05) is 45.0 Å². The lowest BCUT2D eigenvalue weighted by atomic mass is 10.1. The minimum Gasteiger partial charge on any atom is -0.355 e. The molecule has 0 amide bonds. The molecule has 0 aromatic carbocycles. The molecule has 0 atom stereocenters. The largest absolute Gasteiger partial charge is 0.355 e. The summed E-state index contributed by atoms with van der Waals surface area (Å²) < 4.78 is 1.93. The standard InChI is InChI=1S/C16H30N6.HI/c1-13-15(14(2)21(4)20-13)12-19-16(17-3)18-8-11-22-9-6-5-7-10-22;/h5-12H2,1-4H3,(H2,17,18,19);1H. The van der Waals surface area contributed by atoms with Crippen molar-refractivity contribution in [3.05, 3.63) is 17.0 Å². The third kappa shape index (κ3) is 5.95. The van der Waals surface area contributed by atoms with Crippen LogP contribution in [0.3, 0.4) is 0 Å². The van der Waals surface area contributed by atoms with Crippen LogP contribution in [-0.4, -0.2) is 53.9 Å². The van der Waals surface area contributed by atoms with E-state index >= 15 is 0 Å². The molecule has 2 rings (SSSR count). The van der Waals surface area contributed by atoms with E-state index in [1.807, 2.05) is 18.8 Å². The zero-order valence-corrected chi connectivity index (χ0v) is 17.2. The summed E-state index contributed by atoms with van der Waals surface area (Å²) in [6, 6.07) is 0. The van der Waals surface area contributed by atoms with Crippen LogP contribution in [-0.2, 0) is 13.6 Å². The number of rotatable bonds is 5. The van der Waals surface area contributed by atoms with Crippen LogP contribution in [0.1, 0.15) is 36.2 Å². The number of aromatic nitrogens is 2. The highest BCUT2D eigenvalue weighted by Gasteiger charge is 2.11. The number of aryl methyl sites for hydroxylation is 2. The molecule has 7 heteroatoms. The van der Waals surface area contributed by atoms with Crippen LogP contribution in [0.2, 0.25) is 0 Å². The Morgan fingerprint density at radius 1 is 1.17 bits per heavy atom. The fraction of sp³-hybridized carbons (Fsp3) is 0.750. The van der Waals surface area contributed by atoms with Crippen molar-refractivity contribution in [3.63, 3.8) is 0 Å². The number of aliphatic imine (C=N–C) groups is 1. The Labute approximate surface area is 157 Å². The van der Waals surface area contributed by atoms with Crippen LogP contribution in [0.4, 0.5) is 0 Å². The van der Waals surface area contributed by atoms with Gasteiger partial charge in [-0.05, 0) is 39.8 Å². The molecule has 1 aliphatic heterocycles. The molecule has 1 aromatic rings. The predicted octanol–water partition coefficient (Wildman–Crippen LogP) is 1.81. The highest BCUT2D eigenvalue weighted by atomic mass is 127. The van der Waals surface area contributed by atoms with E-state index in [9.17, 15) is 0 Å². The highest BCUT2D eigenvalue weighted by Crippen LogP contribution is 2.11. The first-order valence-electron chi connectivity index (χ1n) is 8.27. The average Bonchev–Trinajstić information content (AvgIpc) is 2.77. The van der Waals surface area contributed by atoms with Crippen LogP contribution in [0.5, 0.6) is 0 Å². The van der Waals surface area contributed by atoms with Crippen molar-refractivity contribution in [2.24, 2.45) is 12.0 Å². The number of piperidine rings is 1. The molecule has 2 N–H and O–H groups in total. The fourth-order valence-corrected chi connectivity index (χ4v) is 2.98. The molecule has 0 aliphatic carbocycles. The molecular formula is C16H31IN6. The maximum Gasteiger partial charge on any atom is 0.191 e. The van der Waals surface area contributed by atoms with Gasteiger partial charge in [-0.15, -0.1) is 24.0 Å². The molecule has 0 spiro atoms. The maximum absolute atomic E-state index is 4.45. The van der Waals surface area contributed by atoms with Crippen LogP contribution in [0.15, 0.2) is 4.99 Å². The van der Waals surface area contributed by atoms with Gasteiger partial charge in [0.2, 0.25) is 0 Å². The second kappa shape index (κ2) is 10.1. The Morgan fingerprint density at radius 2 is 1.87 bits per heavy atom. The van der Waals surface area contributed by atoms with Crippen LogP contribution in [0, 0.1) is 13.8 Å². The van der Waals surface area contributed by atoms with E-state index in [0.29, 0.717) is 0 Å². The minimum absolute atomic E-state index is 0. The van der Waals surface area contributed by atoms with Gasteiger partial charge >= 0.3 is 0 Å². The monoisotopic (exact) mass is 434 g/mol. The Balaban J connectivity index is 0.00000264. The lowest BCUT2D eigenvalue weighted by Crippen LogP contribution is -2.42. The van der Waals surface area contributed by atoms with Gasteiger partial charge in [-0.2, -0.15) is 5.10 Å². The molecule has 0 unspecified atom stereocenters. The number of likely N-dealkylation sites (tertiary alicyclic amines) is 1. The number of guanidine groups is 1. The Hall–Kier alpha value is -0.830. The lowest BCUT2D eigenvalue weighted by molar-refractivity contribution is 0.232. The molecule has 2 heterocycles. The van der Waals surface area contributed by atoms with Crippen molar-refractivity contribution in [2.45, 2.75) is 39.7 Å². The van der Waals surface area contributed by atoms with Gasteiger partial charge < -0.3 is 15.5 Å². The molecule has 1 aliphatic rings. The quantitative estimate of drug-likeness (QED) is 0.422. The van der Waals surface area contributed by atoms with E-state index in [1.165, 1.54) is 43.6 Å². The first-order valence-corrected chi connectivity index (χ1v) is 8.27. The molecule has 0 bridgehead atoms. The minimum atomic E-state index is 0. The molecule has 1 fully saturated rings. The smallest absolute Gasteiger partial charge is 0.191 e. The third-order valence-corrected chi connectivity index (χ3v) is 4.48. The Morgan fingerprint density at radius 3 is 2.43 bits per heavy atom. The molecule has 0 saturated carbocycles. The average molecular weight is 434 g/mol. The van der Waals surface area contributed by atoms with E-state index in [-0.39, 0.29) is 24.0 Å². The number of nitrogens with zero attached hydrogens (tertiary/aromatic N) is 4. The summed E-state index contributed by atoms with van der Waals surface area (Å²) in [6.07, 6.45) is 4.07. The molecule has 1 aromatic heterocycles. The SMILES string of the molecule is CN=C(NCCN1CCCCC1)NCc1c(C)nn(C)c1C.I. The summed E-state index contributed by atoms with van der Waals surface area (Å²) in [4.78, 5) is 6.83. The first kappa shape index (κ1) is 20.2. The van der Waals surface area contributed by atoms with Crippen molar-refractivity contribution in [1.82, 2.24) is 25.3 Å². The fourth-order valence-electron chi connectivity index (χ4n) is 2.98. The van der Waals surface area contributed by atoms with Gasteiger partial charge in [0.15, 0.2) is 5.96 Å². The molecule has 6 nitrogen and oxygen atoms in total. The van der Waals surface area contributed by atoms with E-state index < -0.39 is 0 Å². The predicted molar refractivity (Wildman–Crippen MR) is 107 cm³/mol. The van der Waals surface area contributed by atoms with Gasteiger partial charge in [-0.25, -0.2) is 0 Å². The molecule has 132 valence electrons. The van der Waals surface area contributed by atoms with Crippen LogP contribution < -0.4 is 10.6 Å². The summed E-state index contributed by atoms with van der Waals surface area (Å²) in [5.41, 5.74) is 3.53. The van der Waals surface area contributed by atoms with Crippen molar-refractivity contribution < 1.29 is 0 Å². The molecular weight excluding hydrogens is 403 g/mol. The third-order valence-electron chi connectivity index (χ3n) is 4.48. The summed E-state index contributed by atoms with van der Waals surface area (Å²) in [5, 5.41) is 11.2. The topological polar surface area (TPSA) is 57.5 Å². The van der Waals surface area contributed by atoms with Crippen molar-refractivity contribution in [2.75, 3.05) is 33.2 Å². The number of halogens is 1. The Bertz CT molecular complexity index is 505. The van der Waals surface area contributed by atoms with Gasteiger partial charge in [-0.3, -0.25) is 9.67 Å². The molecule has 1 saturated heterocycles.